The minimum atomic E-state index is 0.158. The lowest BCUT2D eigenvalue weighted by Gasteiger charge is -2.31. The summed E-state index contributed by atoms with van der Waals surface area (Å²) in [6.45, 7) is 9.74. The summed E-state index contributed by atoms with van der Waals surface area (Å²) < 4.78 is 0. The zero-order valence-electron chi connectivity index (χ0n) is 9.48. The van der Waals surface area contributed by atoms with Crippen molar-refractivity contribution in [3.63, 3.8) is 0 Å². The molecule has 0 spiro atoms. The summed E-state index contributed by atoms with van der Waals surface area (Å²) in [5.41, 5.74) is 0.412. The maximum absolute atomic E-state index is 11.6. The highest BCUT2D eigenvalue weighted by atomic mass is 16.2. The van der Waals surface area contributed by atoms with Crippen molar-refractivity contribution >= 4 is 5.91 Å². The van der Waals surface area contributed by atoms with Crippen molar-refractivity contribution in [3.05, 3.63) is 0 Å². The molecule has 0 N–H and O–H groups in total. The third-order valence-corrected chi connectivity index (χ3v) is 2.68. The molecule has 2 heteroatoms. The third-order valence-electron chi connectivity index (χ3n) is 2.68. The van der Waals surface area contributed by atoms with E-state index in [9.17, 15) is 4.79 Å². The van der Waals surface area contributed by atoms with Gasteiger partial charge in [0.05, 0.1) is 0 Å². The highest BCUT2D eigenvalue weighted by Gasteiger charge is 2.36. The Morgan fingerprint density at radius 1 is 1.15 bits per heavy atom. The highest BCUT2D eigenvalue weighted by Crippen LogP contribution is 2.39. The van der Waals surface area contributed by atoms with Crippen LogP contribution in [-0.2, 0) is 4.79 Å². The fourth-order valence-corrected chi connectivity index (χ4v) is 2.69. The largest absolute Gasteiger partial charge is 0.345 e. The smallest absolute Gasteiger partial charge is 0.222 e. The fourth-order valence-electron chi connectivity index (χ4n) is 2.69. The van der Waals surface area contributed by atoms with E-state index in [0.717, 1.165) is 13.0 Å². The summed E-state index contributed by atoms with van der Waals surface area (Å²) in [5.74, 6) is 0.288. The van der Waals surface area contributed by atoms with Crippen LogP contribution >= 0.6 is 0 Å². The Bertz CT molecular complexity index is 218. The second kappa shape index (κ2) is 3.00. The molecule has 0 atom stereocenters. The van der Waals surface area contributed by atoms with E-state index >= 15 is 0 Å². The Morgan fingerprint density at radius 3 is 2.23 bits per heavy atom. The van der Waals surface area contributed by atoms with Gasteiger partial charge < -0.3 is 4.90 Å². The predicted molar refractivity (Wildman–Crippen MR) is 54.4 cm³/mol. The molecule has 2 nitrogen and oxygen atoms in total. The number of amides is 1. The first-order valence-corrected chi connectivity index (χ1v) is 4.96. The van der Waals surface area contributed by atoms with Crippen LogP contribution in [0.3, 0.4) is 0 Å². The highest BCUT2D eigenvalue weighted by molar-refractivity contribution is 5.77. The zero-order chi connectivity index (χ0) is 10.3. The molecule has 1 heterocycles. The molecule has 0 aliphatic carbocycles. The number of carbonyl (C=O) groups is 1. The monoisotopic (exact) mass is 183 g/mol. The molecule has 0 radical (unpaired) electrons. The molecule has 1 aliphatic rings. The Balaban J connectivity index is 2.87. The molecule has 76 valence electrons. The number of carbonyl (C=O) groups excluding carboxylic acids is 1. The van der Waals surface area contributed by atoms with Crippen molar-refractivity contribution in [2.45, 2.75) is 40.5 Å². The maximum atomic E-state index is 11.6. The zero-order valence-corrected chi connectivity index (χ0v) is 9.48. The number of hydrogen-bond donors (Lipinski definition) is 0. The second-order valence-electron chi connectivity index (χ2n) is 5.93. The van der Waals surface area contributed by atoms with Crippen LogP contribution in [0.25, 0.3) is 0 Å². The van der Waals surface area contributed by atoms with Gasteiger partial charge in [0, 0.05) is 20.0 Å². The topological polar surface area (TPSA) is 20.3 Å². The average molecular weight is 183 g/mol. The number of likely N-dealkylation sites (tertiary alicyclic amines) is 1. The van der Waals surface area contributed by atoms with Gasteiger partial charge in [0.15, 0.2) is 0 Å². The summed E-state index contributed by atoms with van der Waals surface area (Å²) >= 11 is 0. The van der Waals surface area contributed by atoms with E-state index in [1.807, 2.05) is 11.9 Å². The van der Waals surface area contributed by atoms with Gasteiger partial charge in [-0.05, 0) is 17.3 Å². The van der Waals surface area contributed by atoms with Gasteiger partial charge in [-0.15, -0.1) is 0 Å². The van der Waals surface area contributed by atoms with Crippen LogP contribution in [0.4, 0.5) is 0 Å². The van der Waals surface area contributed by atoms with Crippen molar-refractivity contribution in [1.82, 2.24) is 4.90 Å². The molecule has 0 aromatic carbocycles. The summed E-state index contributed by atoms with van der Waals surface area (Å²) in [7, 11) is 1.91. The number of hydrogen-bond acceptors (Lipinski definition) is 1. The first-order chi connectivity index (χ1) is 5.72. The summed E-state index contributed by atoms with van der Waals surface area (Å²) in [6.07, 6.45) is 1.81. The first kappa shape index (κ1) is 10.6. The normalized spacial score (nSPS) is 27.2. The van der Waals surface area contributed by atoms with Gasteiger partial charge in [0.2, 0.25) is 5.91 Å². The van der Waals surface area contributed by atoms with Crippen molar-refractivity contribution in [2.75, 3.05) is 13.6 Å². The number of rotatable bonds is 0. The molecule has 1 rings (SSSR count). The molecule has 0 bridgehead atoms. The fraction of sp³-hybridized carbons (Fsp3) is 0.909. The van der Waals surface area contributed by atoms with Crippen LogP contribution in [-0.4, -0.2) is 24.4 Å². The molecule has 0 aromatic heterocycles. The van der Waals surface area contributed by atoms with E-state index in [4.69, 9.17) is 0 Å². The molecule has 1 amide bonds. The van der Waals surface area contributed by atoms with Gasteiger partial charge in [0.25, 0.3) is 0 Å². The molecule has 1 fully saturated rings. The van der Waals surface area contributed by atoms with Crippen LogP contribution in [0.15, 0.2) is 0 Å². The van der Waals surface area contributed by atoms with Crippen LogP contribution < -0.4 is 0 Å². The van der Waals surface area contributed by atoms with E-state index in [1.165, 1.54) is 0 Å². The van der Waals surface area contributed by atoms with Gasteiger partial charge in [0.1, 0.15) is 0 Å². The predicted octanol–water partition coefficient (Wildman–Crippen LogP) is 2.29. The van der Waals surface area contributed by atoms with Crippen molar-refractivity contribution in [3.8, 4) is 0 Å². The van der Waals surface area contributed by atoms with Gasteiger partial charge in [-0.1, -0.05) is 27.7 Å². The van der Waals surface area contributed by atoms with Crippen LogP contribution in [0, 0.1) is 10.8 Å². The van der Waals surface area contributed by atoms with E-state index < -0.39 is 0 Å². The molecular formula is C11H21NO. The van der Waals surface area contributed by atoms with Gasteiger partial charge in [-0.3, -0.25) is 4.79 Å². The molecule has 0 saturated carbocycles. The Morgan fingerprint density at radius 2 is 1.69 bits per heavy atom. The Labute approximate surface area is 81.3 Å². The summed E-state index contributed by atoms with van der Waals surface area (Å²) in [4.78, 5) is 13.5. The second-order valence-corrected chi connectivity index (χ2v) is 5.93. The van der Waals surface area contributed by atoms with Crippen LogP contribution in [0.1, 0.15) is 40.5 Å². The Hall–Kier alpha value is -0.530. The van der Waals surface area contributed by atoms with Crippen molar-refractivity contribution in [1.29, 1.82) is 0 Å². The first-order valence-electron chi connectivity index (χ1n) is 4.96. The third kappa shape index (κ3) is 2.71. The van der Waals surface area contributed by atoms with E-state index in [1.54, 1.807) is 0 Å². The lowest BCUT2D eigenvalue weighted by molar-refractivity contribution is -0.131. The molecule has 1 saturated heterocycles. The quantitative estimate of drug-likeness (QED) is 0.564. The average Bonchev–Trinajstić information content (AvgIpc) is 1.85. The lowest BCUT2D eigenvalue weighted by Crippen LogP contribution is -2.32. The van der Waals surface area contributed by atoms with E-state index in [2.05, 4.69) is 27.7 Å². The maximum Gasteiger partial charge on any atom is 0.222 e. The molecule has 0 aromatic rings. The molecule has 1 aliphatic heterocycles. The molecule has 13 heavy (non-hydrogen) atoms. The summed E-state index contributed by atoms with van der Waals surface area (Å²) in [5, 5.41) is 0. The van der Waals surface area contributed by atoms with Crippen molar-refractivity contribution in [2.24, 2.45) is 10.8 Å². The van der Waals surface area contributed by atoms with Gasteiger partial charge in [-0.2, -0.15) is 0 Å². The number of nitrogens with zero attached hydrogens (tertiary/aromatic N) is 1. The minimum absolute atomic E-state index is 0.158. The molecular weight excluding hydrogens is 162 g/mol. The lowest BCUT2D eigenvalue weighted by atomic mass is 9.74. The van der Waals surface area contributed by atoms with Gasteiger partial charge in [-0.25, -0.2) is 0 Å². The van der Waals surface area contributed by atoms with Gasteiger partial charge >= 0.3 is 0 Å². The minimum Gasteiger partial charge on any atom is -0.345 e. The van der Waals surface area contributed by atoms with E-state index in [-0.39, 0.29) is 16.7 Å². The van der Waals surface area contributed by atoms with Crippen LogP contribution in [0.2, 0.25) is 0 Å². The van der Waals surface area contributed by atoms with Crippen LogP contribution in [0.5, 0.6) is 0 Å². The summed E-state index contributed by atoms with van der Waals surface area (Å²) in [6, 6.07) is 0. The molecule has 0 unspecified atom stereocenters. The SMILES string of the molecule is CN1CC(C)(C)CC(C)(C)CC1=O. The Kier molecular flexibility index (Phi) is 2.44. The van der Waals surface area contributed by atoms with Crippen molar-refractivity contribution < 1.29 is 4.79 Å². The standard InChI is InChI=1S/C11H21NO/c1-10(2)6-9(13)12(5)8-11(3,4)7-10/h6-8H2,1-5H3. The van der Waals surface area contributed by atoms with E-state index in [0.29, 0.717) is 6.42 Å².